The minimum absolute atomic E-state index is 0.0498. The summed E-state index contributed by atoms with van der Waals surface area (Å²) in [6.07, 6.45) is 9.19. The Morgan fingerprint density at radius 1 is 1.18 bits per heavy atom. The van der Waals surface area contributed by atoms with Crippen molar-refractivity contribution in [3.05, 3.63) is 98.1 Å². The van der Waals surface area contributed by atoms with Crippen LogP contribution in [0.25, 0.3) is 28.0 Å². The van der Waals surface area contributed by atoms with Crippen molar-refractivity contribution in [3.8, 4) is 16.9 Å². The largest absolute Gasteiger partial charge is 0.436 e. The Balaban J connectivity index is 1.19. The van der Waals surface area contributed by atoms with Gasteiger partial charge in [-0.2, -0.15) is 9.67 Å². The first-order valence-corrected chi connectivity index (χ1v) is 15.4. The summed E-state index contributed by atoms with van der Waals surface area (Å²) in [6, 6.07) is 13.6. The van der Waals surface area contributed by atoms with Gasteiger partial charge in [0.15, 0.2) is 5.82 Å². The number of aryl methyl sites for hydroxylation is 2. The molecule has 12 heteroatoms. The number of nitrogens with zero attached hydrogens (tertiary/aromatic N) is 4. The number of fused-ring (bicyclic) bond motifs is 1. The third-order valence-electron chi connectivity index (χ3n) is 8.31. The number of nitrogens with two attached hydrogens (primary N) is 1. The molecule has 0 bridgehead atoms. The molecule has 5 aromatic rings. The van der Waals surface area contributed by atoms with Crippen LogP contribution in [0.3, 0.4) is 0 Å². The summed E-state index contributed by atoms with van der Waals surface area (Å²) >= 11 is 6.25. The van der Waals surface area contributed by atoms with Gasteiger partial charge >= 0.3 is 11.4 Å². The number of nitrogens with one attached hydrogen (secondary N) is 2. The molecule has 0 unspecified atom stereocenters. The standard InChI is InChI=1S/C32H35ClFN7O3/c1-19(35)4-2-5-20-14-25(29(34)26(33)15-20)28-16-22-17-40(31(42)39-30(22)38-28)24-10-8-21(9-11-24)27-7-3-6-23(37-27)12-13-41-32(43)44-18-36-41/h8-11,14-19,23,27,37H,2-7,12-13,35H2,1H3,(H,38,39,42)/t19-,23-,27-/m0/s1. The lowest BCUT2D eigenvalue weighted by molar-refractivity contribution is 0.296. The molecular weight excluding hydrogens is 585 g/mol. The van der Waals surface area contributed by atoms with E-state index < -0.39 is 17.3 Å². The highest BCUT2D eigenvalue weighted by Crippen LogP contribution is 2.32. The molecule has 1 saturated heterocycles. The van der Waals surface area contributed by atoms with E-state index in [0.717, 1.165) is 62.5 Å². The van der Waals surface area contributed by atoms with E-state index in [-0.39, 0.29) is 23.1 Å². The van der Waals surface area contributed by atoms with Crippen LogP contribution in [0.2, 0.25) is 5.02 Å². The van der Waals surface area contributed by atoms with Gasteiger partial charge in [0.25, 0.3) is 0 Å². The lowest BCUT2D eigenvalue weighted by atomic mass is 9.92. The summed E-state index contributed by atoms with van der Waals surface area (Å²) in [7, 11) is 0. The van der Waals surface area contributed by atoms with Crippen LogP contribution in [0.1, 0.15) is 62.6 Å². The summed E-state index contributed by atoms with van der Waals surface area (Å²) in [6.45, 7) is 2.46. The molecule has 0 amide bonds. The molecule has 1 fully saturated rings. The van der Waals surface area contributed by atoms with E-state index in [9.17, 15) is 9.59 Å². The number of hydrogen-bond acceptors (Lipinski definition) is 7. The van der Waals surface area contributed by atoms with Crippen LogP contribution < -0.4 is 22.5 Å². The molecule has 3 aromatic heterocycles. The second kappa shape index (κ2) is 12.9. The van der Waals surface area contributed by atoms with Crippen molar-refractivity contribution in [1.29, 1.82) is 0 Å². The minimum atomic E-state index is -0.523. The first-order chi connectivity index (χ1) is 21.2. The Morgan fingerprint density at radius 2 is 2.00 bits per heavy atom. The molecule has 0 spiro atoms. The fourth-order valence-electron chi connectivity index (χ4n) is 5.98. The molecule has 0 aliphatic carbocycles. The number of H-pyrrole nitrogens is 1. The summed E-state index contributed by atoms with van der Waals surface area (Å²) in [5, 5.41) is 8.34. The number of halogens is 2. The Labute approximate surface area is 258 Å². The van der Waals surface area contributed by atoms with Crippen molar-refractivity contribution in [1.82, 2.24) is 29.6 Å². The monoisotopic (exact) mass is 619 g/mol. The van der Waals surface area contributed by atoms with Gasteiger partial charge in [-0.1, -0.05) is 30.2 Å². The maximum absolute atomic E-state index is 15.1. The number of hydrogen-bond donors (Lipinski definition) is 3. The molecule has 0 saturated carbocycles. The molecule has 4 heterocycles. The highest BCUT2D eigenvalue weighted by atomic mass is 35.5. The van der Waals surface area contributed by atoms with E-state index in [4.69, 9.17) is 21.8 Å². The van der Waals surface area contributed by atoms with E-state index in [1.54, 1.807) is 24.4 Å². The van der Waals surface area contributed by atoms with Crippen LogP contribution >= 0.6 is 11.6 Å². The van der Waals surface area contributed by atoms with Crippen LogP contribution in [-0.2, 0) is 13.0 Å². The minimum Gasteiger partial charge on any atom is -0.395 e. The Morgan fingerprint density at radius 3 is 2.75 bits per heavy atom. The SMILES string of the molecule is C[C@H](N)CCCc1cc(Cl)c(F)c(-c2cc3cn(-c4ccc([C@@H]5CCC[C@@H](CCn6ncoc6=O)N5)cc4)c(=O)nc3[nH]2)c1. The molecule has 1 aliphatic rings. The van der Waals surface area contributed by atoms with Crippen LogP contribution in [-0.4, -0.2) is 36.4 Å². The third kappa shape index (κ3) is 6.54. The number of aromatic amines is 1. The first kappa shape index (κ1) is 30.0. The maximum atomic E-state index is 15.1. The van der Waals surface area contributed by atoms with E-state index in [0.29, 0.717) is 34.5 Å². The zero-order chi connectivity index (χ0) is 30.8. The smallest absolute Gasteiger partial charge is 0.395 e. The molecule has 2 aromatic carbocycles. The van der Waals surface area contributed by atoms with Crippen LogP contribution in [0.5, 0.6) is 0 Å². The molecule has 0 radical (unpaired) electrons. The summed E-state index contributed by atoms with van der Waals surface area (Å²) in [4.78, 5) is 32.0. The molecule has 44 heavy (non-hydrogen) atoms. The van der Waals surface area contributed by atoms with Gasteiger partial charge in [0.05, 0.1) is 16.4 Å². The lowest BCUT2D eigenvalue weighted by Gasteiger charge is -2.31. The fourth-order valence-corrected chi connectivity index (χ4v) is 6.22. The van der Waals surface area contributed by atoms with Gasteiger partial charge < -0.3 is 20.5 Å². The van der Waals surface area contributed by atoms with Gasteiger partial charge in [-0.3, -0.25) is 4.57 Å². The van der Waals surface area contributed by atoms with Crippen molar-refractivity contribution >= 4 is 22.6 Å². The van der Waals surface area contributed by atoms with Crippen molar-refractivity contribution in [2.45, 2.75) is 76.5 Å². The predicted octanol–water partition coefficient (Wildman–Crippen LogP) is 5.27. The normalized spacial score (nSPS) is 17.7. The molecule has 1 aliphatic heterocycles. The Bertz CT molecular complexity index is 1880. The van der Waals surface area contributed by atoms with Gasteiger partial charge in [0.2, 0.25) is 6.39 Å². The van der Waals surface area contributed by atoms with Gasteiger partial charge in [-0.15, -0.1) is 5.10 Å². The number of benzene rings is 2. The zero-order valence-corrected chi connectivity index (χ0v) is 25.2. The maximum Gasteiger partial charge on any atom is 0.436 e. The van der Waals surface area contributed by atoms with E-state index in [2.05, 4.69) is 20.4 Å². The number of rotatable bonds is 10. The van der Waals surface area contributed by atoms with Crippen molar-refractivity contribution in [2.75, 3.05) is 0 Å². The molecule has 230 valence electrons. The molecule has 10 nitrogen and oxygen atoms in total. The van der Waals surface area contributed by atoms with E-state index in [1.165, 1.54) is 9.25 Å². The molecule has 4 N–H and O–H groups in total. The van der Waals surface area contributed by atoms with Gasteiger partial charge in [0.1, 0.15) is 5.65 Å². The Kier molecular flexibility index (Phi) is 8.79. The molecular formula is C32H35ClFN7O3. The van der Waals surface area contributed by atoms with Crippen molar-refractivity contribution in [2.24, 2.45) is 5.73 Å². The van der Waals surface area contributed by atoms with Gasteiger partial charge in [-0.25, -0.2) is 14.0 Å². The average Bonchev–Trinajstić information content (AvgIpc) is 3.62. The second-order valence-corrected chi connectivity index (χ2v) is 12.1. The molecule has 6 rings (SSSR count). The van der Waals surface area contributed by atoms with E-state index >= 15 is 4.39 Å². The van der Waals surface area contributed by atoms with Crippen LogP contribution in [0.4, 0.5) is 4.39 Å². The van der Waals surface area contributed by atoms with Crippen molar-refractivity contribution in [3.63, 3.8) is 0 Å². The van der Waals surface area contributed by atoms with Gasteiger partial charge in [0, 0.05) is 41.8 Å². The number of piperidine rings is 1. The quantitative estimate of drug-likeness (QED) is 0.194. The third-order valence-corrected chi connectivity index (χ3v) is 8.58. The number of aromatic nitrogens is 5. The molecule has 3 atom stereocenters. The first-order valence-electron chi connectivity index (χ1n) is 15.0. The Hall–Kier alpha value is -4.06. The predicted molar refractivity (Wildman–Crippen MR) is 168 cm³/mol. The topological polar surface area (TPSA) is 137 Å². The van der Waals surface area contributed by atoms with Crippen molar-refractivity contribution < 1.29 is 8.81 Å². The summed E-state index contributed by atoms with van der Waals surface area (Å²) in [5.74, 6) is -0.966. The van der Waals surface area contributed by atoms with Gasteiger partial charge in [-0.05, 0) is 86.9 Å². The van der Waals surface area contributed by atoms with E-state index in [1.807, 2.05) is 31.2 Å². The summed E-state index contributed by atoms with van der Waals surface area (Å²) in [5.41, 5.74) is 9.36. The zero-order valence-electron chi connectivity index (χ0n) is 24.4. The lowest BCUT2D eigenvalue weighted by Crippen LogP contribution is -2.38. The highest BCUT2D eigenvalue weighted by molar-refractivity contribution is 6.31. The van der Waals surface area contributed by atoms with Crippen LogP contribution in [0, 0.1) is 5.82 Å². The second-order valence-electron chi connectivity index (χ2n) is 11.6. The fraction of sp³-hybridized carbons (Fsp3) is 0.375. The average molecular weight is 620 g/mol. The highest BCUT2D eigenvalue weighted by Gasteiger charge is 2.23. The van der Waals surface area contributed by atoms with Crippen LogP contribution in [0.15, 0.2) is 69.1 Å². The summed E-state index contributed by atoms with van der Waals surface area (Å²) < 4.78 is 22.7.